The molecule has 0 bridgehead atoms. The Kier molecular flexibility index (Phi) is 3.81. The zero-order valence-electron chi connectivity index (χ0n) is 12.0. The molecule has 1 atom stereocenters. The molecule has 1 fully saturated rings. The Morgan fingerprint density at radius 3 is 2.95 bits per heavy atom. The van der Waals surface area contributed by atoms with Crippen LogP contribution in [-0.4, -0.2) is 37.0 Å². The van der Waals surface area contributed by atoms with Crippen LogP contribution in [0.25, 0.3) is 0 Å². The molecule has 1 aliphatic rings. The lowest BCUT2D eigenvalue weighted by molar-refractivity contribution is 0.219. The van der Waals surface area contributed by atoms with Gasteiger partial charge in [0, 0.05) is 37.6 Å². The average Bonchev–Trinajstić information content (AvgIpc) is 3.11. The molecule has 108 valence electrons. The Balaban J connectivity index is 1.72. The van der Waals surface area contributed by atoms with Crippen molar-refractivity contribution in [1.82, 2.24) is 24.5 Å². The maximum absolute atomic E-state index is 6.34. The van der Waals surface area contributed by atoms with Gasteiger partial charge in [0.25, 0.3) is 0 Å². The Bertz CT molecular complexity index is 575. The molecule has 1 aliphatic heterocycles. The minimum absolute atomic E-state index is 0.533. The van der Waals surface area contributed by atoms with E-state index < -0.39 is 0 Å². The van der Waals surface area contributed by atoms with Crippen LogP contribution in [0.1, 0.15) is 24.1 Å². The molecule has 5 nitrogen and oxygen atoms in total. The van der Waals surface area contributed by atoms with Crippen molar-refractivity contribution in [3.8, 4) is 0 Å². The molecule has 0 radical (unpaired) electrons. The molecule has 6 heteroatoms. The zero-order valence-corrected chi connectivity index (χ0v) is 12.7. The lowest BCUT2D eigenvalue weighted by Gasteiger charge is -2.24. The van der Waals surface area contributed by atoms with E-state index >= 15 is 0 Å². The molecule has 0 N–H and O–H groups in total. The lowest BCUT2D eigenvalue weighted by atomic mass is 10.2. The fourth-order valence-electron chi connectivity index (χ4n) is 2.99. The van der Waals surface area contributed by atoms with Crippen LogP contribution in [0.2, 0.25) is 5.15 Å². The number of aromatic nitrogens is 4. The summed E-state index contributed by atoms with van der Waals surface area (Å²) in [5.74, 6) is 0. The highest BCUT2D eigenvalue weighted by atomic mass is 35.5. The summed E-state index contributed by atoms with van der Waals surface area (Å²) in [6.07, 6.45) is 6.32. The lowest BCUT2D eigenvalue weighted by Crippen LogP contribution is -2.32. The third-order valence-electron chi connectivity index (χ3n) is 4.09. The maximum atomic E-state index is 6.34. The van der Waals surface area contributed by atoms with Crippen LogP contribution in [0, 0.1) is 6.92 Å². The second-order valence-corrected chi connectivity index (χ2v) is 5.83. The first-order chi connectivity index (χ1) is 9.65. The van der Waals surface area contributed by atoms with E-state index in [-0.39, 0.29) is 0 Å². The van der Waals surface area contributed by atoms with Crippen molar-refractivity contribution in [2.45, 2.75) is 38.9 Å². The fourth-order valence-corrected chi connectivity index (χ4v) is 3.23. The molecule has 1 saturated heterocycles. The van der Waals surface area contributed by atoms with E-state index in [0.717, 1.165) is 36.0 Å². The van der Waals surface area contributed by atoms with Gasteiger partial charge in [0.1, 0.15) is 5.15 Å². The van der Waals surface area contributed by atoms with E-state index in [1.54, 1.807) is 4.68 Å². The molecule has 0 saturated carbocycles. The van der Waals surface area contributed by atoms with Crippen LogP contribution in [0.3, 0.4) is 0 Å². The summed E-state index contributed by atoms with van der Waals surface area (Å²) in [5.41, 5.74) is 2.18. The Hall–Kier alpha value is -1.33. The summed E-state index contributed by atoms with van der Waals surface area (Å²) >= 11 is 6.34. The Morgan fingerprint density at radius 1 is 1.45 bits per heavy atom. The summed E-state index contributed by atoms with van der Waals surface area (Å²) in [6, 6.07) is 2.51. The Labute approximate surface area is 124 Å². The molecule has 0 aliphatic carbocycles. The molecular weight excluding hydrogens is 274 g/mol. The van der Waals surface area contributed by atoms with Gasteiger partial charge >= 0.3 is 0 Å². The molecule has 0 spiro atoms. The van der Waals surface area contributed by atoms with Gasteiger partial charge in [-0.2, -0.15) is 10.2 Å². The number of aryl methyl sites for hydroxylation is 2. The van der Waals surface area contributed by atoms with Gasteiger partial charge in [-0.25, -0.2) is 0 Å². The van der Waals surface area contributed by atoms with Crippen molar-refractivity contribution in [2.75, 3.05) is 6.54 Å². The summed E-state index contributed by atoms with van der Waals surface area (Å²) in [7, 11) is 1.89. The van der Waals surface area contributed by atoms with Crippen LogP contribution in [0.4, 0.5) is 0 Å². The molecule has 0 aromatic carbocycles. The minimum atomic E-state index is 0.533. The molecular formula is C14H20ClN5. The first-order valence-corrected chi connectivity index (χ1v) is 7.42. The average molecular weight is 294 g/mol. The second kappa shape index (κ2) is 5.58. The third-order valence-corrected chi connectivity index (χ3v) is 4.56. The molecule has 3 rings (SSSR count). The van der Waals surface area contributed by atoms with E-state index in [4.69, 9.17) is 11.6 Å². The predicted molar refractivity (Wildman–Crippen MR) is 78.6 cm³/mol. The predicted octanol–water partition coefficient (Wildman–Crippen LogP) is 2.24. The first kappa shape index (κ1) is 13.6. The molecule has 3 heterocycles. The normalized spacial score (nSPS) is 19.9. The maximum Gasteiger partial charge on any atom is 0.131 e. The van der Waals surface area contributed by atoms with Crippen LogP contribution in [-0.2, 0) is 20.1 Å². The summed E-state index contributed by atoms with van der Waals surface area (Å²) < 4.78 is 3.77. The van der Waals surface area contributed by atoms with E-state index in [1.165, 1.54) is 12.8 Å². The van der Waals surface area contributed by atoms with Crippen LogP contribution >= 0.6 is 11.6 Å². The van der Waals surface area contributed by atoms with Gasteiger partial charge in [-0.1, -0.05) is 11.6 Å². The van der Waals surface area contributed by atoms with Crippen molar-refractivity contribution in [3.63, 3.8) is 0 Å². The molecule has 0 amide bonds. The van der Waals surface area contributed by atoms with Gasteiger partial charge in [-0.3, -0.25) is 14.3 Å². The highest BCUT2D eigenvalue weighted by Crippen LogP contribution is 2.26. The Morgan fingerprint density at radius 2 is 2.30 bits per heavy atom. The van der Waals surface area contributed by atoms with Gasteiger partial charge in [-0.15, -0.1) is 0 Å². The van der Waals surface area contributed by atoms with Gasteiger partial charge in [0.05, 0.1) is 12.2 Å². The van der Waals surface area contributed by atoms with Crippen molar-refractivity contribution in [3.05, 3.63) is 34.9 Å². The number of rotatable bonds is 4. The van der Waals surface area contributed by atoms with Crippen molar-refractivity contribution >= 4 is 11.6 Å². The van der Waals surface area contributed by atoms with Gasteiger partial charge in [0.15, 0.2) is 0 Å². The van der Waals surface area contributed by atoms with E-state index in [0.29, 0.717) is 6.04 Å². The van der Waals surface area contributed by atoms with E-state index in [2.05, 4.69) is 15.1 Å². The summed E-state index contributed by atoms with van der Waals surface area (Å²) in [4.78, 5) is 2.50. The fraction of sp³-hybridized carbons (Fsp3) is 0.571. The third kappa shape index (κ3) is 2.60. The van der Waals surface area contributed by atoms with Crippen LogP contribution < -0.4 is 0 Å². The molecule has 0 unspecified atom stereocenters. The number of halogens is 1. The van der Waals surface area contributed by atoms with Crippen molar-refractivity contribution < 1.29 is 0 Å². The quantitative estimate of drug-likeness (QED) is 0.868. The standard InChI is InChI=1S/C14H20ClN5/c1-11-13(14(15)18(2)17-11)10-19-7-3-5-12(19)9-20-8-4-6-16-20/h4,6,8,12H,3,5,7,9-10H2,1-2H3/t12-/m1/s1. The van der Waals surface area contributed by atoms with Gasteiger partial charge in [0.2, 0.25) is 0 Å². The largest absolute Gasteiger partial charge is 0.294 e. The SMILES string of the molecule is Cc1nn(C)c(Cl)c1CN1CCC[C@@H]1Cn1cccn1. The number of nitrogens with zero attached hydrogens (tertiary/aromatic N) is 5. The van der Waals surface area contributed by atoms with Gasteiger partial charge < -0.3 is 0 Å². The monoisotopic (exact) mass is 293 g/mol. The highest BCUT2D eigenvalue weighted by molar-refractivity contribution is 6.30. The first-order valence-electron chi connectivity index (χ1n) is 7.04. The number of hydrogen-bond donors (Lipinski definition) is 0. The van der Waals surface area contributed by atoms with E-state index in [1.807, 2.05) is 37.1 Å². The summed E-state index contributed by atoms with van der Waals surface area (Å²) in [5, 5.41) is 9.46. The van der Waals surface area contributed by atoms with Crippen molar-refractivity contribution in [1.29, 1.82) is 0 Å². The number of hydrogen-bond acceptors (Lipinski definition) is 3. The topological polar surface area (TPSA) is 38.9 Å². The molecule has 2 aromatic heterocycles. The highest BCUT2D eigenvalue weighted by Gasteiger charge is 2.27. The van der Waals surface area contributed by atoms with Crippen LogP contribution in [0.5, 0.6) is 0 Å². The van der Waals surface area contributed by atoms with Crippen LogP contribution in [0.15, 0.2) is 18.5 Å². The summed E-state index contributed by atoms with van der Waals surface area (Å²) in [6.45, 7) is 4.98. The van der Waals surface area contributed by atoms with E-state index in [9.17, 15) is 0 Å². The molecule has 20 heavy (non-hydrogen) atoms. The molecule has 2 aromatic rings. The second-order valence-electron chi connectivity index (χ2n) is 5.47. The van der Waals surface area contributed by atoms with Gasteiger partial charge in [-0.05, 0) is 32.4 Å². The minimum Gasteiger partial charge on any atom is -0.294 e. The van der Waals surface area contributed by atoms with Crippen molar-refractivity contribution in [2.24, 2.45) is 7.05 Å². The number of likely N-dealkylation sites (tertiary alicyclic amines) is 1. The zero-order chi connectivity index (χ0) is 14.1. The smallest absolute Gasteiger partial charge is 0.131 e.